The number of aromatic nitrogens is 2. The molecule has 1 aliphatic rings. The molecule has 0 saturated heterocycles. The number of carbonyl (C=O) groups is 2. The van der Waals surface area contributed by atoms with Gasteiger partial charge in [-0.15, -0.1) is 11.8 Å². The molecule has 0 bridgehead atoms. The van der Waals surface area contributed by atoms with E-state index in [2.05, 4.69) is 20.8 Å². The number of hydrogen-bond donors (Lipinski definition) is 1. The first kappa shape index (κ1) is 24.7. The highest BCUT2D eigenvalue weighted by molar-refractivity contribution is 8.00. The standard InChI is InChI=1S/C26H29N3O5S/c1-26(2,3)24-22-23(18-8-6-7-9-19(18)34-5)35-15-20(30)28(14-21(31)32)25(22)29(27-24)16-10-12-17(33-4)13-11-16/h6-13,23H,14-15H2,1-5H3,(H,31,32). The van der Waals surface area contributed by atoms with Crippen LogP contribution in [-0.2, 0) is 15.0 Å². The number of methoxy groups -OCH3 is 2. The minimum Gasteiger partial charge on any atom is -0.497 e. The number of carboxylic acid groups (broad SMARTS) is 1. The Balaban J connectivity index is 2.07. The van der Waals surface area contributed by atoms with Crippen molar-refractivity contribution >= 4 is 29.5 Å². The number of para-hydroxylation sites is 1. The van der Waals surface area contributed by atoms with Crippen LogP contribution < -0.4 is 14.4 Å². The molecule has 3 aromatic rings. The van der Waals surface area contributed by atoms with E-state index in [1.807, 2.05) is 48.5 Å². The number of carboxylic acids is 1. The molecule has 0 spiro atoms. The van der Waals surface area contributed by atoms with E-state index in [-0.39, 0.29) is 22.3 Å². The van der Waals surface area contributed by atoms with E-state index in [1.165, 1.54) is 16.7 Å². The molecule has 1 atom stereocenters. The third kappa shape index (κ3) is 4.73. The van der Waals surface area contributed by atoms with Crippen molar-refractivity contribution in [2.24, 2.45) is 0 Å². The van der Waals surface area contributed by atoms with Gasteiger partial charge in [0.1, 0.15) is 23.9 Å². The second-order valence-electron chi connectivity index (χ2n) is 9.25. The highest BCUT2D eigenvalue weighted by atomic mass is 32.2. The molecule has 0 fully saturated rings. The Morgan fingerprint density at radius 2 is 1.80 bits per heavy atom. The van der Waals surface area contributed by atoms with Gasteiger partial charge in [-0.05, 0) is 30.3 Å². The van der Waals surface area contributed by atoms with Crippen LogP contribution in [0.4, 0.5) is 5.82 Å². The van der Waals surface area contributed by atoms with E-state index in [4.69, 9.17) is 14.6 Å². The Hall–Kier alpha value is -3.46. The molecule has 0 saturated carbocycles. The van der Waals surface area contributed by atoms with Gasteiger partial charge in [-0.1, -0.05) is 39.0 Å². The summed E-state index contributed by atoms with van der Waals surface area (Å²) >= 11 is 1.46. The van der Waals surface area contributed by atoms with Crippen molar-refractivity contribution < 1.29 is 24.2 Å². The van der Waals surface area contributed by atoms with Gasteiger partial charge in [-0.25, -0.2) is 4.68 Å². The zero-order chi connectivity index (χ0) is 25.3. The van der Waals surface area contributed by atoms with Crippen LogP contribution in [0.3, 0.4) is 0 Å². The first-order chi connectivity index (χ1) is 16.7. The van der Waals surface area contributed by atoms with Crippen LogP contribution in [0.2, 0.25) is 0 Å². The van der Waals surface area contributed by atoms with Crippen LogP contribution >= 0.6 is 11.8 Å². The zero-order valence-electron chi connectivity index (χ0n) is 20.4. The molecular formula is C26H29N3O5S. The quantitative estimate of drug-likeness (QED) is 0.540. The van der Waals surface area contributed by atoms with Gasteiger partial charge in [0.15, 0.2) is 0 Å². The fourth-order valence-electron chi connectivity index (χ4n) is 4.24. The summed E-state index contributed by atoms with van der Waals surface area (Å²) in [6.07, 6.45) is 0. The molecule has 4 rings (SSSR count). The van der Waals surface area contributed by atoms with Crippen molar-refractivity contribution in [1.29, 1.82) is 0 Å². The minimum atomic E-state index is -1.09. The van der Waals surface area contributed by atoms with Gasteiger partial charge in [0, 0.05) is 16.5 Å². The van der Waals surface area contributed by atoms with Crippen molar-refractivity contribution in [2.75, 3.05) is 31.4 Å². The number of thioether (sulfide) groups is 1. The largest absolute Gasteiger partial charge is 0.497 e. The van der Waals surface area contributed by atoms with Crippen LogP contribution in [0.1, 0.15) is 42.8 Å². The van der Waals surface area contributed by atoms with Crippen molar-refractivity contribution in [3.05, 3.63) is 65.4 Å². The number of aliphatic carboxylic acids is 1. The summed E-state index contributed by atoms with van der Waals surface area (Å²) in [4.78, 5) is 26.5. The predicted octanol–water partition coefficient (Wildman–Crippen LogP) is 4.44. The highest BCUT2D eigenvalue weighted by Gasteiger charge is 2.40. The molecule has 2 heterocycles. The Kier molecular flexibility index (Phi) is 6.80. The third-order valence-electron chi connectivity index (χ3n) is 5.83. The Bertz CT molecular complexity index is 1250. The number of rotatable bonds is 6. The van der Waals surface area contributed by atoms with Crippen LogP contribution in [0.25, 0.3) is 5.69 Å². The molecule has 0 radical (unpaired) electrons. The number of nitrogens with zero attached hydrogens (tertiary/aromatic N) is 3. The van der Waals surface area contributed by atoms with Crippen LogP contribution in [-0.4, -0.2) is 53.3 Å². The minimum absolute atomic E-state index is 0.122. The summed E-state index contributed by atoms with van der Waals surface area (Å²) < 4.78 is 12.7. The molecule has 8 nitrogen and oxygen atoms in total. The summed E-state index contributed by atoms with van der Waals surface area (Å²) in [7, 11) is 3.21. The van der Waals surface area contributed by atoms with Gasteiger partial charge in [-0.2, -0.15) is 5.10 Å². The Labute approximate surface area is 208 Å². The van der Waals surface area contributed by atoms with E-state index in [1.54, 1.807) is 18.9 Å². The lowest BCUT2D eigenvalue weighted by atomic mass is 9.87. The lowest BCUT2D eigenvalue weighted by Crippen LogP contribution is -2.38. The maximum absolute atomic E-state index is 13.3. The lowest BCUT2D eigenvalue weighted by Gasteiger charge is -2.24. The van der Waals surface area contributed by atoms with Crippen LogP contribution in [0.5, 0.6) is 11.5 Å². The molecule has 184 valence electrons. The first-order valence-electron chi connectivity index (χ1n) is 11.2. The number of carbonyl (C=O) groups excluding carboxylic acids is 1. The number of amides is 1. The molecule has 0 aliphatic carbocycles. The van der Waals surface area contributed by atoms with Crippen LogP contribution in [0.15, 0.2) is 48.5 Å². The van der Waals surface area contributed by atoms with Crippen molar-refractivity contribution in [1.82, 2.24) is 9.78 Å². The molecule has 1 unspecified atom stereocenters. The molecule has 1 aliphatic heterocycles. The molecule has 9 heteroatoms. The van der Waals surface area contributed by atoms with Gasteiger partial charge < -0.3 is 14.6 Å². The van der Waals surface area contributed by atoms with Gasteiger partial charge in [-0.3, -0.25) is 14.5 Å². The lowest BCUT2D eigenvalue weighted by molar-refractivity contribution is -0.136. The molecular weight excluding hydrogens is 466 g/mol. The Morgan fingerprint density at radius 1 is 1.11 bits per heavy atom. The van der Waals surface area contributed by atoms with E-state index in [9.17, 15) is 14.7 Å². The van der Waals surface area contributed by atoms with Crippen molar-refractivity contribution in [3.63, 3.8) is 0 Å². The van der Waals surface area contributed by atoms with Gasteiger partial charge in [0.2, 0.25) is 5.91 Å². The summed E-state index contributed by atoms with van der Waals surface area (Å²) in [6.45, 7) is 5.72. The second-order valence-corrected chi connectivity index (χ2v) is 10.3. The van der Waals surface area contributed by atoms with Gasteiger partial charge >= 0.3 is 5.97 Å². The molecule has 1 amide bonds. The van der Waals surface area contributed by atoms with E-state index < -0.39 is 12.5 Å². The summed E-state index contributed by atoms with van der Waals surface area (Å²) in [5.74, 6) is 0.595. The molecule has 35 heavy (non-hydrogen) atoms. The summed E-state index contributed by atoms with van der Waals surface area (Å²) in [5.41, 5.74) is 2.83. The number of ether oxygens (including phenoxy) is 2. The maximum Gasteiger partial charge on any atom is 0.323 e. The van der Waals surface area contributed by atoms with E-state index in [0.29, 0.717) is 23.0 Å². The third-order valence-corrected chi connectivity index (χ3v) is 7.07. The molecule has 1 aromatic heterocycles. The number of fused-ring (bicyclic) bond motifs is 1. The second kappa shape index (κ2) is 9.65. The Morgan fingerprint density at radius 3 is 2.40 bits per heavy atom. The average Bonchev–Trinajstić information content (AvgIpc) is 3.17. The van der Waals surface area contributed by atoms with Crippen molar-refractivity contribution in [3.8, 4) is 17.2 Å². The fourth-order valence-corrected chi connectivity index (χ4v) is 5.46. The maximum atomic E-state index is 13.3. The van der Waals surface area contributed by atoms with E-state index >= 15 is 0 Å². The predicted molar refractivity (Wildman–Crippen MR) is 136 cm³/mol. The summed E-state index contributed by atoms with van der Waals surface area (Å²) in [6, 6.07) is 15.0. The number of anilines is 1. The van der Waals surface area contributed by atoms with Gasteiger partial charge in [0.05, 0.1) is 36.6 Å². The number of hydrogen-bond acceptors (Lipinski definition) is 6. The van der Waals surface area contributed by atoms with Gasteiger partial charge in [0.25, 0.3) is 0 Å². The molecule has 1 N–H and O–H groups in total. The smallest absolute Gasteiger partial charge is 0.323 e. The van der Waals surface area contributed by atoms with E-state index in [0.717, 1.165) is 16.8 Å². The monoisotopic (exact) mass is 495 g/mol. The number of benzene rings is 2. The first-order valence-corrected chi connectivity index (χ1v) is 12.2. The fraction of sp³-hybridized carbons (Fsp3) is 0.346. The topological polar surface area (TPSA) is 93.9 Å². The van der Waals surface area contributed by atoms with Crippen LogP contribution in [0, 0.1) is 0 Å². The normalized spacial score (nSPS) is 16.0. The SMILES string of the molecule is COc1ccc(-n2nc(C(C)(C)C)c3c2N(CC(=O)O)C(=O)CSC3c2ccccc2OC)cc1. The average molecular weight is 496 g/mol. The highest BCUT2D eigenvalue weighted by Crippen LogP contribution is 2.50. The molecule has 2 aromatic carbocycles. The summed E-state index contributed by atoms with van der Waals surface area (Å²) in [5, 5.41) is 14.4. The zero-order valence-corrected chi connectivity index (χ0v) is 21.3. The van der Waals surface area contributed by atoms with Crippen molar-refractivity contribution in [2.45, 2.75) is 31.4 Å².